The Balaban J connectivity index is 1.86. The molecule has 2 aromatic rings. The maximum Gasteiger partial charge on any atom is 0.148 e. The zero-order valence-corrected chi connectivity index (χ0v) is 12.5. The number of aromatic nitrogens is 2. The van der Waals surface area contributed by atoms with Crippen molar-refractivity contribution in [3.63, 3.8) is 0 Å². The van der Waals surface area contributed by atoms with E-state index >= 15 is 0 Å². The SMILES string of the molecule is Cc1ccnc([C@]2(C)CCCN2Cc2ccc(F)cc2)n1. The number of nitrogens with zero attached hydrogens (tertiary/aromatic N) is 3. The van der Waals surface area contributed by atoms with E-state index in [1.807, 2.05) is 31.3 Å². The summed E-state index contributed by atoms with van der Waals surface area (Å²) in [6, 6.07) is 8.67. The van der Waals surface area contributed by atoms with Crippen molar-refractivity contribution in [2.24, 2.45) is 0 Å². The van der Waals surface area contributed by atoms with E-state index in [-0.39, 0.29) is 11.4 Å². The molecule has 1 atom stereocenters. The van der Waals surface area contributed by atoms with Crippen LogP contribution in [0.5, 0.6) is 0 Å². The van der Waals surface area contributed by atoms with Crippen LogP contribution in [0.25, 0.3) is 0 Å². The Labute approximate surface area is 124 Å². The van der Waals surface area contributed by atoms with Crippen molar-refractivity contribution in [1.82, 2.24) is 14.9 Å². The van der Waals surface area contributed by atoms with Crippen molar-refractivity contribution >= 4 is 0 Å². The maximum atomic E-state index is 13.0. The molecular weight excluding hydrogens is 265 g/mol. The van der Waals surface area contributed by atoms with Crippen molar-refractivity contribution in [2.75, 3.05) is 6.54 Å². The molecule has 3 rings (SSSR count). The van der Waals surface area contributed by atoms with E-state index in [0.717, 1.165) is 43.0 Å². The minimum absolute atomic E-state index is 0.138. The van der Waals surface area contributed by atoms with Gasteiger partial charge in [-0.3, -0.25) is 4.90 Å². The third-order valence-electron chi connectivity index (χ3n) is 4.35. The van der Waals surface area contributed by atoms with Gasteiger partial charge in [0.2, 0.25) is 0 Å². The van der Waals surface area contributed by atoms with Gasteiger partial charge < -0.3 is 0 Å². The molecule has 1 aromatic heterocycles. The highest BCUT2D eigenvalue weighted by Gasteiger charge is 2.40. The van der Waals surface area contributed by atoms with Crippen molar-refractivity contribution in [3.05, 3.63) is 59.4 Å². The smallest absolute Gasteiger partial charge is 0.148 e. The standard InChI is InChI=1S/C17H20FN3/c1-13-8-10-19-16(20-13)17(2)9-3-11-21(17)12-14-4-6-15(18)7-5-14/h4-8,10H,3,9,11-12H2,1-2H3/t17-/m0/s1. The Hall–Kier alpha value is -1.81. The monoisotopic (exact) mass is 285 g/mol. The molecule has 0 unspecified atom stereocenters. The van der Waals surface area contributed by atoms with Crippen LogP contribution < -0.4 is 0 Å². The molecule has 1 aromatic carbocycles. The molecule has 0 bridgehead atoms. The van der Waals surface area contributed by atoms with Crippen LogP contribution in [0, 0.1) is 12.7 Å². The van der Waals surface area contributed by atoms with Crippen LogP contribution in [0.4, 0.5) is 4.39 Å². The fourth-order valence-electron chi connectivity index (χ4n) is 3.04. The number of benzene rings is 1. The zero-order valence-electron chi connectivity index (χ0n) is 12.5. The molecule has 2 heterocycles. The van der Waals surface area contributed by atoms with Crippen molar-refractivity contribution in [1.29, 1.82) is 0 Å². The molecule has 0 N–H and O–H groups in total. The van der Waals surface area contributed by atoms with Crippen LogP contribution in [-0.2, 0) is 12.1 Å². The van der Waals surface area contributed by atoms with Gasteiger partial charge in [0, 0.05) is 18.4 Å². The lowest BCUT2D eigenvalue weighted by Crippen LogP contribution is -2.39. The van der Waals surface area contributed by atoms with Gasteiger partial charge in [-0.05, 0) is 57.0 Å². The Morgan fingerprint density at radius 1 is 1.24 bits per heavy atom. The molecule has 3 nitrogen and oxygen atoms in total. The van der Waals surface area contributed by atoms with Crippen molar-refractivity contribution < 1.29 is 4.39 Å². The summed E-state index contributed by atoms with van der Waals surface area (Å²) in [5.41, 5.74) is 1.98. The van der Waals surface area contributed by atoms with E-state index in [2.05, 4.69) is 21.8 Å². The average Bonchev–Trinajstić information content (AvgIpc) is 2.84. The molecule has 0 saturated carbocycles. The minimum Gasteiger partial charge on any atom is -0.287 e. The molecule has 1 aliphatic heterocycles. The third-order valence-corrected chi connectivity index (χ3v) is 4.35. The van der Waals surface area contributed by atoms with E-state index < -0.39 is 0 Å². The molecular formula is C17H20FN3. The molecule has 0 spiro atoms. The summed E-state index contributed by atoms with van der Waals surface area (Å²) in [5, 5.41) is 0. The van der Waals surface area contributed by atoms with Crippen LogP contribution in [0.3, 0.4) is 0 Å². The summed E-state index contributed by atoms with van der Waals surface area (Å²) in [4.78, 5) is 11.5. The normalized spacial score (nSPS) is 22.6. The predicted octanol–water partition coefficient (Wildman–Crippen LogP) is 3.44. The van der Waals surface area contributed by atoms with Crippen LogP contribution in [-0.4, -0.2) is 21.4 Å². The van der Waals surface area contributed by atoms with E-state index in [1.54, 1.807) is 0 Å². The summed E-state index contributed by atoms with van der Waals surface area (Å²) in [7, 11) is 0. The number of halogens is 1. The first-order chi connectivity index (χ1) is 10.1. The van der Waals surface area contributed by atoms with Crippen molar-refractivity contribution in [3.8, 4) is 0 Å². The molecule has 0 aliphatic carbocycles. The predicted molar refractivity (Wildman–Crippen MR) is 80.2 cm³/mol. The van der Waals surface area contributed by atoms with Gasteiger partial charge in [-0.2, -0.15) is 0 Å². The number of likely N-dealkylation sites (tertiary alicyclic amines) is 1. The van der Waals surface area contributed by atoms with Gasteiger partial charge in [-0.1, -0.05) is 12.1 Å². The minimum atomic E-state index is -0.190. The summed E-state index contributed by atoms with van der Waals surface area (Å²) in [6.07, 6.45) is 4.02. The highest BCUT2D eigenvalue weighted by atomic mass is 19.1. The second kappa shape index (κ2) is 5.53. The fraction of sp³-hybridized carbons (Fsp3) is 0.412. The largest absolute Gasteiger partial charge is 0.287 e. The molecule has 1 fully saturated rings. The number of aryl methyl sites for hydroxylation is 1. The van der Waals surface area contributed by atoms with Gasteiger partial charge in [0.1, 0.15) is 11.6 Å². The number of hydrogen-bond acceptors (Lipinski definition) is 3. The van der Waals surface area contributed by atoms with Crippen LogP contribution in [0.2, 0.25) is 0 Å². The molecule has 1 aliphatic rings. The average molecular weight is 285 g/mol. The van der Waals surface area contributed by atoms with Crippen LogP contribution in [0.15, 0.2) is 36.5 Å². The van der Waals surface area contributed by atoms with E-state index in [4.69, 9.17) is 0 Å². The summed E-state index contributed by atoms with van der Waals surface area (Å²) in [6.45, 7) is 6.02. The number of hydrogen-bond donors (Lipinski definition) is 0. The van der Waals surface area contributed by atoms with Crippen LogP contribution in [0.1, 0.15) is 36.8 Å². The highest BCUT2D eigenvalue weighted by Crippen LogP contribution is 2.37. The van der Waals surface area contributed by atoms with E-state index in [9.17, 15) is 4.39 Å². The summed E-state index contributed by atoms with van der Waals surface area (Å²) < 4.78 is 13.0. The maximum absolute atomic E-state index is 13.0. The quantitative estimate of drug-likeness (QED) is 0.865. The first-order valence-electron chi connectivity index (χ1n) is 7.37. The van der Waals surface area contributed by atoms with E-state index in [0.29, 0.717) is 0 Å². The second-order valence-corrected chi connectivity index (χ2v) is 5.95. The second-order valence-electron chi connectivity index (χ2n) is 5.95. The lowest BCUT2D eigenvalue weighted by molar-refractivity contribution is 0.137. The van der Waals surface area contributed by atoms with Gasteiger partial charge in [-0.25, -0.2) is 14.4 Å². The van der Waals surface area contributed by atoms with Gasteiger partial charge in [0.15, 0.2) is 0 Å². The Morgan fingerprint density at radius 3 is 2.71 bits per heavy atom. The first kappa shape index (κ1) is 14.1. The molecule has 4 heteroatoms. The molecule has 21 heavy (non-hydrogen) atoms. The molecule has 1 saturated heterocycles. The summed E-state index contributed by atoms with van der Waals surface area (Å²) >= 11 is 0. The van der Waals surface area contributed by atoms with Crippen molar-refractivity contribution in [2.45, 2.75) is 38.8 Å². The van der Waals surface area contributed by atoms with Gasteiger partial charge >= 0.3 is 0 Å². The lowest BCUT2D eigenvalue weighted by Gasteiger charge is -2.34. The number of rotatable bonds is 3. The van der Waals surface area contributed by atoms with E-state index in [1.165, 1.54) is 12.1 Å². The Morgan fingerprint density at radius 2 is 2.00 bits per heavy atom. The van der Waals surface area contributed by atoms with Gasteiger partial charge in [0.05, 0.1) is 5.54 Å². The zero-order chi connectivity index (χ0) is 14.9. The van der Waals surface area contributed by atoms with Crippen LogP contribution >= 0.6 is 0 Å². The summed E-state index contributed by atoms with van der Waals surface area (Å²) in [5.74, 6) is 0.701. The Bertz CT molecular complexity index is 626. The topological polar surface area (TPSA) is 29.0 Å². The molecule has 0 radical (unpaired) electrons. The third kappa shape index (κ3) is 2.81. The molecule has 110 valence electrons. The fourth-order valence-corrected chi connectivity index (χ4v) is 3.04. The van der Waals surface area contributed by atoms with Gasteiger partial charge in [0.25, 0.3) is 0 Å². The van der Waals surface area contributed by atoms with Gasteiger partial charge in [-0.15, -0.1) is 0 Å². The Kier molecular flexibility index (Phi) is 3.72. The first-order valence-corrected chi connectivity index (χ1v) is 7.37. The molecule has 0 amide bonds. The lowest BCUT2D eigenvalue weighted by atomic mass is 9.97. The highest BCUT2D eigenvalue weighted by molar-refractivity contribution is 5.18.